The van der Waals surface area contributed by atoms with Crippen LogP contribution in [0.3, 0.4) is 0 Å². The van der Waals surface area contributed by atoms with Gasteiger partial charge in [-0.2, -0.15) is 0 Å². The van der Waals surface area contributed by atoms with E-state index in [0.717, 1.165) is 0 Å². The summed E-state index contributed by atoms with van der Waals surface area (Å²) < 4.78 is 8.88. The molecule has 0 aliphatic rings. The van der Waals surface area contributed by atoms with Gasteiger partial charge in [-0.05, 0) is 6.92 Å². The van der Waals surface area contributed by atoms with Crippen molar-refractivity contribution in [1.29, 1.82) is 0 Å². The number of carboxylic acids is 1. The summed E-state index contributed by atoms with van der Waals surface area (Å²) in [5.74, 6) is -1.19. The second-order valence-electron chi connectivity index (χ2n) is 1.53. The molecule has 1 atom stereocenters. The van der Waals surface area contributed by atoms with Gasteiger partial charge in [-0.3, -0.25) is 0 Å². The average Bonchev–Trinajstić information content (AvgIpc) is 1.59. The normalized spacial score (nSPS) is 11.8. The van der Waals surface area contributed by atoms with Crippen molar-refractivity contribution in [3.8, 4) is 0 Å². The maximum absolute atomic E-state index is 9.45. The van der Waals surface area contributed by atoms with Crippen molar-refractivity contribution in [2.24, 2.45) is 0 Å². The fourth-order valence-electron chi connectivity index (χ4n) is 0. The molecule has 0 saturated heterocycles. The van der Waals surface area contributed by atoms with E-state index in [0.29, 0.717) is 0 Å². The maximum atomic E-state index is 9.45. The van der Waals surface area contributed by atoms with E-state index in [1.807, 2.05) is 0 Å². The number of rotatable bonds is 1. The van der Waals surface area contributed by atoms with E-state index in [-0.39, 0.29) is 37.7 Å². The molecule has 0 aromatic carbocycles. The molecule has 0 aliphatic heterocycles. The van der Waals surface area contributed by atoms with Crippen LogP contribution in [0.5, 0.6) is 0 Å². The summed E-state index contributed by atoms with van der Waals surface area (Å²) >= 11 is 0. The molecular formula is C3H11CaO7P. The Bertz CT molecular complexity index is 154. The third kappa shape index (κ3) is 45.0. The fourth-order valence-corrected chi connectivity index (χ4v) is 0. The minimum absolute atomic E-state index is 0. The standard InChI is InChI=1S/C3H6O3.Ca.H3O4P.2H/c1-2(4)3(5)6;;1-5(2,3)4;;/h2,4H,1H3,(H,5,6);;(H3,1,2,3,4);;. The van der Waals surface area contributed by atoms with Crippen LogP contribution in [0.2, 0.25) is 0 Å². The van der Waals surface area contributed by atoms with Crippen molar-refractivity contribution in [3.05, 3.63) is 0 Å². The third-order valence-electron chi connectivity index (χ3n) is 0.357. The molecule has 0 radical (unpaired) electrons. The Morgan fingerprint density at radius 2 is 1.42 bits per heavy atom. The molecule has 1 unspecified atom stereocenters. The van der Waals surface area contributed by atoms with E-state index in [4.69, 9.17) is 29.5 Å². The van der Waals surface area contributed by atoms with Crippen LogP contribution in [0.1, 0.15) is 6.92 Å². The topological polar surface area (TPSA) is 135 Å². The molecule has 0 aromatic rings. The zero-order chi connectivity index (χ0) is 9.65. The number of aliphatic hydroxyl groups is 1. The Morgan fingerprint density at radius 1 is 1.33 bits per heavy atom. The summed E-state index contributed by atoms with van der Waals surface area (Å²) in [6, 6.07) is 0. The van der Waals surface area contributed by atoms with Gasteiger partial charge in [0.2, 0.25) is 0 Å². The second kappa shape index (κ2) is 8.40. The van der Waals surface area contributed by atoms with Gasteiger partial charge in [0, 0.05) is 0 Å². The first kappa shape index (κ1) is 18.6. The monoisotopic (exact) mass is 230 g/mol. The molecular weight excluding hydrogens is 219 g/mol. The number of aliphatic carboxylic acids is 1. The first-order chi connectivity index (χ1) is 4.64. The molecule has 0 heterocycles. The average molecular weight is 230 g/mol. The number of phosphoric acid groups is 1. The number of carboxylic acid groups (broad SMARTS) is 1. The summed E-state index contributed by atoms with van der Waals surface area (Å²) in [6.45, 7) is 1.20. The van der Waals surface area contributed by atoms with E-state index < -0.39 is 19.9 Å². The zero-order valence-electron chi connectivity index (χ0n) is 5.58. The number of carbonyl (C=O) groups is 1. The molecule has 0 rings (SSSR count). The molecule has 9 heteroatoms. The molecule has 0 fully saturated rings. The third-order valence-corrected chi connectivity index (χ3v) is 0.357. The van der Waals surface area contributed by atoms with Gasteiger partial charge in [0.25, 0.3) is 0 Å². The molecule has 0 aliphatic carbocycles. The summed E-state index contributed by atoms with van der Waals surface area (Å²) in [5, 5.41) is 15.8. The molecule has 0 aromatic heterocycles. The van der Waals surface area contributed by atoms with Crippen LogP contribution >= 0.6 is 7.82 Å². The van der Waals surface area contributed by atoms with Crippen LogP contribution in [0.4, 0.5) is 0 Å². The Morgan fingerprint density at radius 3 is 1.42 bits per heavy atom. The Hall–Kier alpha value is 0.800. The fraction of sp³-hybridized carbons (Fsp3) is 0.667. The van der Waals surface area contributed by atoms with Crippen molar-refractivity contribution < 1.29 is 34.3 Å². The molecule has 7 nitrogen and oxygen atoms in total. The molecule has 0 spiro atoms. The van der Waals surface area contributed by atoms with Gasteiger partial charge in [-0.15, -0.1) is 0 Å². The minimum atomic E-state index is -4.64. The number of aliphatic hydroxyl groups excluding tert-OH is 1. The summed E-state index contributed by atoms with van der Waals surface area (Å²) in [6.07, 6.45) is -1.23. The van der Waals surface area contributed by atoms with Crippen LogP contribution in [0, 0.1) is 0 Å². The second-order valence-corrected chi connectivity index (χ2v) is 2.55. The quantitative estimate of drug-likeness (QED) is 0.250. The summed E-state index contributed by atoms with van der Waals surface area (Å²) in [4.78, 5) is 31.0. The molecule has 12 heavy (non-hydrogen) atoms. The van der Waals surface area contributed by atoms with Crippen molar-refractivity contribution >= 4 is 51.5 Å². The van der Waals surface area contributed by atoms with Gasteiger partial charge in [0.05, 0.1) is 0 Å². The van der Waals surface area contributed by atoms with Gasteiger partial charge < -0.3 is 24.9 Å². The van der Waals surface area contributed by atoms with Gasteiger partial charge in [0.15, 0.2) is 0 Å². The van der Waals surface area contributed by atoms with Crippen LogP contribution in [-0.2, 0) is 9.36 Å². The van der Waals surface area contributed by atoms with Gasteiger partial charge in [-0.25, -0.2) is 9.36 Å². The molecule has 0 bridgehead atoms. The van der Waals surface area contributed by atoms with E-state index in [1.165, 1.54) is 6.92 Å². The number of hydrogen-bond donors (Lipinski definition) is 5. The van der Waals surface area contributed by atoms with E-state index in [1.54, 1.807) is 0 Å². The first-order valence-corrected chi connectivity index (χ1v) is 3.90. The summed E-state index contributed by atoms with van der Waals surface area (Å²) in [5.41, 5.74) is 0. The van der Waals surface area contributed by atoms with Crippen LogP contribution in [0.15, 0.2) is 0 Å². The van der Waals surface area contributed by atoms with E-state index in [2.05, 4.69) is 0 Å². The zero-order valence-corrected chi connectivity index (χ0v) is 6.47. The Labute approximate surface area is 98.3 Å². The van der Waals surface area contributed by atoms with Crippen molar-refractivity contribution in [1.82, 2.24) is 0 Å². The van der Waals surface area contributed by atoms with Gasteiger partial charge in [-0.1, -0.05) is 0 Å². The Balaban J connectivity index is -0.000000126. The predicted octanol–water partition coefficient (Wildman–Crippen LogP) is -2.39. The Kier molecular flexibility index (Phi) is 13.0. The number of hydrogen-bond acceptors (Lipinski definition) is 3. The van der Waals surface area contributed by atoms with Crippen LogP contribution in [0.25, 0.3) is 0 Å². The summed E-state index contributed by atoms with van der Waals surface area (Å²) in [7, 11) is -4.64. The molecule has 0 saturated carbocycles. The van der Waals surface area contributed by atoms with Crippen molar-refractivity contribution in [2.45, 2.75) is 13.0 Å². The van der Waals surface area contributed by atoms with Crippen LogP contribution < -0.4 is 0 Å². The first-order valence-electron chi connectivity index (χ1n) is 2.33. The molecule has 5 N–H and O–H groups in total. The van der Waals surface area contributed by atoms with Gasteiger partial charge >= 0.3 is 51.5 Å². The van der Waals surface area contributed by atoms with E-state index >= 15 is 0 Å². The van der Waals surface area contributed by atoms with Gasteiger partial charge in [0.1, 0.15) is 6.10 Å². The predicted molar refractivity (Wildman–Crippen MR) is 42.1 cm³/mol. The van der Waals surface area contributed by atoms with E-state index in [9.17, 15) is 4.79 Å². The SMILES string of the molecule is CC(O)C(=O)O.O=P(O)(O)O.[CaH2]. The molecule has 72 valence electrons. The van der Waals surface area contributed by atoms with Crippen LogP contribution in [-0.4, -0.2) is 74.7 Å². The molecule has 0 amide bonds. The van der Waals surface area contributed by atoms with Crippen molar-refractivity contribution in [2.75, 3.05) is 0 Å². The van der Waals surface area contributed by atoms with Crippen molar-refractivity contribution in [3.63, 3.8) is 0 Å².